The summed E-state index contributed by atoms with van der Waals surface area (Å²) in [4.78, 5) is 61.4. The highest BCUT2D eigenvalue weighted by Crippen LogP contribution is 2.46. The van der Waals surface area contributed by atoms with Gasteiger partial charge >= 0.3 is 6.16 Å². The summed E-state index contributed by atoms with van der Waals surface area (Å²) in [5, 5.41) is 6.51. The molecular formula is C29H32F2N4O9. The van der Waals surface area contributed by atoms with Gasteiger partial charge in [-0.3, -0.25) is 14.4 Å². The molecule has 4 heterocycles. The molecular weight excluding hydrogens is 586 g/mol. The van der Waals surface area contributed by atoms with Crippen LogP contribution in [0.5, 0.6) is 5.75 Å². The van der Waals surface area contributed by atoms with Gasteiger partial charge in [-0.2, -0.15) is 0 Å². The van der Waals surface area contributed by atoms with Crippen LogP contribution in [0.4, 0.5) is 13.6 Å². The number of carbonyl (C=O) groups excluding carboxylic acids is 3. The molecule has 2 bridgehead atoms. The van der Waals surface area contributed by atoms with E-state index in [4.69, 9.17) is 23.8 Å². The molecule has 1 aromatic heterocycles. The van der Waals surface area contributed by atoms with Gasteiger partial charge in [0.1, 0.15) is 23.3 Å². The normalized spacial score (nSPS) is 22.8. The van der Waals surface area contributed by atoms with E-state index in [-0.39, 0.29) is 43.4 Å². The van der Waals surface area contributed by atoms with Gasteiger partial charge in [-0.15, -0.1) is 0 Å². The summed E-state index contributed by atoms with van der Waals surface area (Å²) in [6.07, 6.45) is 0.365. The maximum Gasteiger partial charge on any atom is 0.514 e. The van der Waals surface area contributed by atoms with Crippen molar-refractivity contribution in [2.75, 3.05) is 27.4 Å². The van der Waals surface area contributed by atoms with Crippen molar-refractivity contribution in [1.82, 2.24) is 14.8 Å². The maximum absolute atomic E-state index is 14.2. The molecule has 1 fully saturated rings. The zero-order chi connectivity index (χ0) is 31.8. The molecule has 4 atom stereocenters. The third-order valence-electron chi connectivity index (χ3n) is 8.08. The minimum absolute atomic E-state index is 0.0303. The van der Waals surface area contributed by atoms with E-state index in [1.54, 1.807) is 4.90 Å². The number of oxime groups is 1. The molecule has 15 heteroatoms. The second-order valence-corrected chi connectivity index (χ2v) is 11.0. The Balaban J connectivity index is 1.60. The molecule has 44 heavy (non-hydrogen) atoms. The van der Waals surface area contributed by atoms with Crippen molar-refractivity contribution in [2.45, 2.75) is 63.4 Å². The fraction of sp³-hybridized carbons (Fsp3) is 0.483. The number of methoxy groups -OCH3 is 2. The molecule has 236 valence electrons. The van der Waals surface area contributed by atoms with Crippen LogP contribution in [0.3, 0.4) is 0 Å². The number of nitrogens with zero attached hydrogens (tertiary/aromatic N) is 3. The monoisotopic (exact) mass is 618 g/mol. The van der Waals surface area contributed by atoms with E-state index < -0.39 is 64.1 Å². The highest BCUT2D eigenvalue weighted by molar-refractivity contribution is 6.00. The van der Waals surface area contributed by atoms with Crippen molar-refractivity contribution in [3.8, 4) is 5.75 Å². The van der Waals surface area contributed by atoms with Gasteiger partial charge in [0.05, 0.1) is 26.2 Å². The Morgan fingerprint density at radius 3 is 2.70 bits per heavy atom. The van der Waals surface area contributed by atoms with Gasteiger partial charge in [-0.05, 0) is 32.8 Å². The molecule has 13 nitrogen and oxygen atoms in total. The number of fused-ring (bicyclic) bond motifs is 5. The second kappa shape index (κ2) is 12.2. The van der Waals surface area contributed by atoms with E-state index in [0.717, 1.165) is 12.1 Å². The smallest absolute Gasteiger partial charge is 0.482 e. The Labute approximate surface area is 250 Å². The van der Waals surface area contributed by atoms with E-state index in [9.17, 15) is 28.0 Å². The lowest BCUT2D eigenvalue weighted by Crippen LogP contribution is -2.52. The Hall–Kier alpha value is -4.53. The fourth-order valence-corrected chi connectivity index (χ4v) is 5.75. The van der Waals surface area contributed by atoms with Gasteiger partial charge in [-0.25, -0.2) is 13.6 Å². The summed E-state index contributed by atoms with van der Waals surface area (Å²) < 4.78 is 49.9. The number of carbonyl (C=O) groups is 3. The molecule has 1 saturated heterocycles. The van der Waals surface area contributed by atoms with Gasteiger partial charge in [0, 0.05) is 44.1 Å². The van der Waals surface area contributed by atoms with Crippen LogP contribution in [-0.4, -0.2) is 78.5 Å². The van der Waals surface area contributed by atoms with E-state index in [1.165, 1.54) is 31.9 Å². The average Bonchev–Trinajstić information content (AvgIpc) is 3.36. The third-order valence-corrected chi connectivity index (χ3v) is 8.08. The molecule has 0 unspecified atom stereocenters. The molecule has 1 aromatic carbocycles. The summed E-state index contributed by atoms with van der Waals surface area (Å²) in [5.74, 6) is -3.61. The van der Waals surface area contributed by atoms with Crippen LogP contribution in [0.15, 0.2) is 34.3 Å². The number of aromatic nitrogens is 1. The third kappa shape index (κ3) is 5.70. The molecule has 1 spiro atoms. The SMILES string of the molecule is COC[C@H](C)OC(=O)Oc1c2n(cc(C(=O)NCc3ccc(F)cc3F)c1=O)[C@@H]1CN(C2=O)[C@@H](C)CC[C@]12CC(OC)=NO2. The number of benzene rings is 1. The molecule has 0 aliphatic carbocycles. The van der Waals surface area contributed by atoms with E-state index >= 15 is 0 Å². The zero-order valence-electron chi connectivity index (χ0n) is 24.6. The summed E-state index contributed by atoms with van der Waals surface area (Å²) in [7, 11) is 2.86. The second-order valence-electron chi connectivity index (χ2n) is 11.0. The quantitative estimate of drug-likeness (QED) is 0.463. The first-order valence-corrected chi connectivity index (χ1v) is 14.0. The van der Waals surface area contributed by atoms with Crippen LogP contribution in [0, 0.1) is 11.6 Å². The van der Waals surface area contributed by atoms with Crippen molar-refractivity contribution in [1.29, 1.82) is 0 Å². The van der Waals surface area contributed by atoms with Gasteiger partial charge in [0.2, 0.25) is 17.1 Å². The van der Waals surface area contributed by atoms with Gasteiger partial charge in [0.15, 0.2) is 11.3 Å². The first-order chi connectivity index (χ1) is 21.0. The van der Waals surface area contributed by atoms with E-state index in [0.29, 0.717) is 24.8 Å². The number of rotatable bonds is 7. The summed E-state index contributed by atoms with van der Waals surface area (Å²) >= 11 is 0. The Kier molecular flexibility index (Phi) is 8.59. The topological polar surface area (TPSA) is 147 Å². The van der Waals surface area contributed by atoms with Crippen molar-refractivity contribution in [2.24, 2.45) is 5.16 Å². The fourth-order valence-electron chi connectivity index (χ4n) is 5.75. The first kappa shape index (κ1) is 30.9. The van der Waals surface area contributed by atoms with E-state index in [1.807, 2.05) is 6.92 Å². The standard InChI is InChI=1S/C29H32F2N4O9/c1-15-7-8-29(10-22(41-4)33-44-29)21-13-34(15)27(38)23-25(43-28(39)42-16(2)14-40-3)24(36)19(12-35(21)23)26(37)32-11-17-5-6-18(30)9-20(17)31/h5-6,9,12,15-16,21H,7-8,10-11,13-14H2,1-4H3,(H,32,37)/t15-,16-,21+,29-/m0/s1. The Morgan fingerprint density at radius 2 is 2.02 bits per heavy atom. The van der Waals surface area contributed by atoms with Crippen LogP contribution in [0.25, 0.3) is 0 Å². The Morgan fingerprint density at radius 1 is 1.25 bits per heavy atom. The number of pyridine rings is 1. The van der Waals surface area contributed by atoms with Crippen LogP contribution >= 0.6 is 0 Å². The lowest BCUT2D eigenvalue weighted by atomic mass is 9.85. The number of halogens is 2. The molecule has 2 aromatic rings. The molecule has 2 amide bonds. The van der Waals surface area contributed by atoms with Crippen molar-refractivity contribution < 1.29 is 46.9 Å². The lowest BCUT2D eigenvalue weighted by molar-refractivity contribution is -0.0655. The Bertz CT molecular complexity index is 1580. The summed E-state index contributed by atoms with van der Waals surface area (Å²) in [6.45, 7) is 3.17. The van der Waals surface area contributed by atoms with Crippen LogP contribution in [-0.2, 0) is 25.6 Å². The van der Waals surface area contributed by atoms with Crippen molar-refractivity contribution in [3.63, 3.8) is 0 Å². The lowest BCUT2D eigenvalue weighted by Gasteiger charge is -2.41. The maximum atomic E-state index is 14.2. The summed E-state index contributed by atoms with van der Waals surface area (Å²) in [5.41, 5.74) is -2.89. The van der Waals surface area contributed by atoms with Crippen LogP contribution in [0.1, 0.15) is 65.6 Å². The highest BCUT2D eigenvalue weighted by atomic mass is 19.1. The van der Waals surface area contributed by atoms with E-state index in [2.05, 4.69) is 10.5 Å². The number of amides is 2. The van der Waals surface area contributed by atoms with Crippen molar-refractivity contribution >= 4 is 23.9 Å². The highest BCUT2D eigenvalue weighted by Gasteiger charge is 2.55. The van der Waals surface area contributed by atoms with Crippen LogP contribution < -0.4 is 15.5 Å². The number of hydrogen-bond donors (Lipinski definition) is 1. The average molecular weight is 619 g/mol. The first-order valence-electron chi connectivity index (χ1n) is 14.0. The van der Waals surface area contributed by atoms with Gasteiger partial charge < -0.3 is 38.6 Å². The predicted molar refractivity (Wildman–Crippen MR) is 148 cm³/mol. The number of ether oxygens (including phenoxy) is 4. The minimum Gasteiger partial charge on any atom is -0.482 e. The number of nitrogens with one attached hydrogen (secondary N) is 1. The van der Waals surface area contributed by atoms with Crippen LogP contribution in [0.2, 0.25) is 0 Å². The van der Waals surface area contributed by atoms with Gasteiger partial charge in [-0.1, -0.05) is 11.2 Å². The van der Waals surface area contributed by atoms with Gasteiger partial charge in [0.25, 0.3) is 11.8 Å². The largest absolute Gasteiger partial charge is 0.514 e. The molecule has 5 rings (SSSR count). The molecule has 1 N–H and O–H groups in total. The number of hydrogen-bond acceptors (Lipinski definition) is 10. The minimum atomic E-state index is -1.29. The molecule has 3 aliphatic heterocycles. The predicted octanol–water partition coefficient (Wildman–Crippen LogP) is 2.91. The molecule has 3 aliphatic rings. The summed E-state index contributed by atoms with van der Waals surface area (Å²) in [6, 6.07) is 1.88. The zero-order valence-corrected chi connectivity index (χ0v) is 24.6. The van der Waals surface area contributed by atoms with Crippen molar-refractivity contribution in [3.05, 3.63) is 63.1 Å². The molecule has 0 radical (unpaired) electrons. The molecule has 0 saturated carbocycles.